The van der Waals surface area contributed by atoms with E-state index < -0.39 is 11.4 Å². The summed E-state index contributed by atoms with van der Waals surface area (Å²) in [5.74, 6) is -0.384. The Morgan fingerprint density at radius 3 is 2.74 bits per heavy atom. The van der Waals surface area contributed by atoms with Crippen LogP contribution in [0.1, 0.15) is 23.7 Å². The van der Waals surface area contributed by atoms with E-state index in [0.717, 1.165) is 5.75 Å². The Balaban J connectivity index is 1.77. The van der Waals surface area contributed by atoms with Gasteiger partial charge < -0.3 is 19.5 Å². The van der Waals surface area contributed by atoms with E-state index in [1.54, 1.807) is 29.2 Å². The first-order valence-corrected chi connectivity index (χ1v) is 7.90. The summed E-state index contributed by atoms with van der Waals surface area (Å²) in [5, 5.41) is 9.65. The van der Waals surface area contributed by atoms with Gasteiger partial charge in [-0.15, -0.1) is 0 Å². The van der Waals surface area contributed by atoms with Gasteiger partial charge in [-0.25, -0.2) is 0 Å². The molecule has 6 nitrogen and oxygen atoms in total. The molecule has 0 unspecified atom stereocenters. The molecule has 23 heavy (non-hydrogen) atoms. The highest BCUT2D eigenvalue weighted by molar-refractivity contribution is 5.95. The van der Waals surface area contributed by atoms with Crippen LogP contribution in [0.4, 0.5) is 0 Å². The zero-order valence-corrected chi connectivity index (χ0v) is 13.2. The van der Waals surface area contributed by atoms with Gasteiger partial charge in [0, 0.05) is 31.2 Å². The molecule has 1 aromatic carbocycles. The lowest BCUT2D eigenvalue weighted by atomic mass is 9.74. The maximum Gasteiger partial charge on any atom is 0.311 e. The smallest absolute Gasteiger partial charge is 0.311 e. The van der Waals surface area contributed by atoms with Crippen molar-refractivity contribution in [3.8, 4) is 5.75 Å². The molecule has 0 spiro atoms. The minimum Gasteiger partial charge on any atom is -0.494 e. The Kier molecular flexibility index (Phi) is 4.26. The summed E-state index contributed by atoms with van der Waals surface area (Å²) < 4.78 is 10.8. The minimum atomic E-state index is -0.862. The van der Waals surface area contributed by atoms with Gasteiger partial charge in [0.1, 0.15) is 5.75 Å². The van der Waals surface area contributed by atoms with E-state index >= 15 is 0 Å². The number of aliphatic carboxylic acids is 1. The van der Waals surface area contributed by atoms with E-state index in [9.17, 15) is 14.7 Å². The molecule has 2 atom stereocenters. The zero-order chi connectivity index (χ0) is 16.4. The SMILES string of the molecule is CCOc1ccc(C(=O)N2C[C@H]3COCC[C@@]3(C(=O)O)C2)cc1. The summed E-state index contributed by atoms with van der Waals surface area (Å²) in [6, 6.07) is 6.96. The highest BCUT2D eigenvalue weighted by Crippen LogP contribution is 2.42. The lowest BCUT2D eigenvalue weighted by molar-refractivity contribution is -0.157. The van der Waals surface area contributed by atoms with Crippen molar-refractivity contribution in [2.45, 2.75) is 13.3 Å². The molecule has 0 aliphatic carbocycles. The van der Waals surface area contributed by atoms with E-state index in [4.69, 9.17) is 9.47 Å². The molecule has 2 heterocycles. The van der Waals surface area contributed by atoms with Crippen molar-refractivity contribution in [3.63, 3.8) is 0 Å². The first-order chi connectivity index (χ1) is 11.1. The van der Waals surface area contributed by atoms with Gasteiger partial charge in [0.05, 0.1) is 18.6 Å². The number of hydrogen-bond donors (Lipinski definition) is 1. The molecule has 0 bridgehead atoms. The molecule has 0 radical (unpaired) electrons. The van der Waals surface area contributed by atoms with Crippen LogP contribution in [0, 0.1) is 11.3 Å². The van der Waals surface area contributed by atoms with Crippen LogP contribution in [-0.2, 0) is 9.53 Å². The topological polar surface area (TPSA) is 76.1 Å². The van der Waals surface area contributed by atoms with Gasteiger partial charge in [-0.05, 0) is 37.6 Å². The van der Waals surface area contributed by atoms with Gasteiger partial charge in [-0.3, -0.25) is 9.59 Å². The van der Waals surface area contributed by atoms with Crippen LogP contribution >= 0.6 is 0 Å². The number of carbonyl (C=O) groups is 2. The number of carboxylic acids is 1. The van der Waals surface area contributed by atoms with Crippen molar-refractivity contribution in [2.75, 3.05) is 32.9 Å². The van der Waals surface area contributed by atoms with Crippen molar-refractivity contribution in [1.82, 2.24) is 4.90 Å². The number of carboxylic acid groups (broad SMARTS) is 1. The fourth-order valence-electron chi connectivity index (χ4n) is 3.50. The van der Waals surface area contributed by atoms with E-state index in [0.29, 0.717) is 38.3 Å². The number of rotatable bonds is 4. The first kappa shape index (κ1) is 15.8. The van der Waals surface area contributed by atoms with Crippen molar-refractivity contribution in [2.24, 2.45) is 11.3 Å². The largest absolute Gasteiger partial charge is 0.494 e. The quantitative estimate of drug-likeness (QED) is 0.913. The number of ether oxygens (including phenoxy) is 2. The Hall–Kier alpha value is -2.08. The average Bonchev–Trinajstić information content (AvgIpc) is 2.96. The average molecular weight is 319 g/mol. The van der Waals surface area contributed by atoms with E-state index in [2.05, 4.69) is 0 Å². The Labute approximate surface area is 135 Å². The van der Waals surface area contributed by atoms with Crippen LogP contribution in [0.2, 0.25) is 0 Å². The van der Waals surface area contributed by atoms with Crippen LogP contribution < -0.4 is 4.74 Å². The summed E-state index contributed by atoms with van der Waals surface area (Å²) in [7, 11) is 0. The normalized spacial score (nSPS) is 26.7. The molecule has 1 aromatic rings. The Bertz CT molecular complexity index is 600. The molecule has 1 N–H and O–H groups in total. The number of fused-ring (bicyclic) bond motifs is 1. The predicted octanol–water partition coefficient (Wildman–Crippen LogP) is 1.65. The molecule has 2 aliphatic heterocycles. The molecule has 2 fully saturated rings. The molecule has 0 aromatic heterocycles. The van der Waals surface area contributed by atoms with E-state index in [1.807, 2.05) is 6.92 Å². The maximum absolute atomic E-state index is 12.7. The third-order valence-corrected chi connectivity index (χ3v) is 4.83. The van der Waals surface area contributed by atoms with Crippen molar-refractivity contribution >= 4 is 11.9 Å². The number of likely N-dealkylation sites (tertiary alicyclic amines) is 1. The highest BCUT2D eigenvalue weighted by atomic mass is 16.5. The van der Waals surface area contributed by atoms with Gasteiger partial charge >= 0.3 is 5.97 Å². The number of nitrogens with zero attached hydrogens (tertiary/aromatic N) is 1. The molecule has 0 saturated carbocycles. The van der Waals surface area contributed by atoms with Gasteiger partial charge in [-0.2, -0.15) is 0 Å². The summed E-state index contributed by atoms with van der Waals surface area (Å²) in [6.45, 7) is 3.99. The van der Waals surface area contributed by atoms with Gasteiger partial charge in [0.2, 0.25) is 0 Å². The summed E-state index contributed by atoms with van der Waals surface area (Å²) in [4.78, 5) is 26.1. The lowest BCUT2D eigenvalue weighted by Gasteiger charge is -2.33. The van der Waals surface area contributed by atoms with E-state index in [-0.39, 0.29) is 18.4 Å². The van der Waals surface area contributed by atoms with E-state index in [1.165, 1.54) is 0 Å². The molecule has 2 saturated heterocycles. The lowest BCUT2D eigenvalue weighted by Crippen LogP contribution is -2.45. The predicted molar refractivity (Wildman–Crippen MR) is 82.5 cm³/mol. The number of carbonyl (C=O) groups excluding carboxylic acids is 1. The Morgan fingerprint density at radius 2 is 2.13 bits per heavy atom. The summed E-state index contributed by atoms with van der Waals surface area (Å²) in [6.07, 6.45) is 0.458. The van der Waals surface area contributed by atoms with Crippen LogP contribution in [0.25, 0.3) is 0 Å². The van der Waals surface area contributed by atoms with Crippen molar-refractivity contribution in [3.05, 3.63) is 29.8 Å². The third-order valence-electron chi connectivity index (χ3n) is 4.83. The highest BCUT2D eigenvalue weighted by Gasteiger charge is 2.54. The third kappa shape index (κ3) is 2.79. The first-order valence-electron chi connectivity index (χ1n) is 7.90. The molecule has 3 rings (SSSR count). The van der Waals surface area contributed by atoms with Crippen LogP contribution in [0.3, 0.4) is 0 Å². The number of benzene rings is 1. The molecule has 1 amide bonds. The fourth-order valence-corrected chi connectivity index (χ4v) is 3.50. The van der Waals surface area contributed by atoms with Gasteiger partial charge in [0.25, 0.3) is 5.91 Å². The second-order valence-electron chi connectivity index (χ2n) is 6.13. The minimum absolute atomic E-state index is 0.136. The molecule has 6 heteroatoms. The van der Waals surface area contributed by atoms with Crippen LogP contribution in [-0.4, -0.2) is 54.8 Å². The van der Waals surface area contributed by atoms with Crippen LogP contribution in [0.15, 0.2) is 24.3 Å². The molecule has 2 aliphatic rings. The fraction of sp³-hybridized carbons (Fsp3) is 0.529. The number of hydrogen-bond acceptors (Lipinski definition) is 4. The zero-order valence-electron chi connectivity index (χ0n) is 13.2. The standard InChI is InChI=1S/C17H21NO5/c1-2-23-14-5-3-12(4-6-14)15(19)18-9-13-10-22-8-7-17(13,11-18)16(20)21/h3-6,13H,2,7-11H2,1H3,(H,20,21)/t13-,17+/m0/s1. The van der Waals surface area contributed by atoms with Gasteiger partial charge in [-0.1, -0.05) is 0 Å². The monoisotopic (exact) mass is 319 g/mol. The van der Waals surface area contributed by atoms with Crippen molar-refractivity contribution < 1.29 is 24.2 Å². The molecular weight excluding hydrogens is 298 g/mol. The van der Waals surface area contributed by atoms with Gasteiger partial charge in [0.15, 0.2) is 0 Å². The summed E-state index contributed by atoms with van der Waals surface area (Å²) >= 11 is 0. The number of amides is 1. The van der Waals surface area contributed by atoms with Crippen molar-refractivity contribution in [1.29, 1.82) is 0 Å². The second kappa shape index (κ2) is 6.20. The Morgan fingerprint density at radius 1 is 1.39 bits per heavy atom. The molecular formula is C17H21NO5. The summed E-state index contributed by atoms with van der Waals surface area (Å²) in [5.41, 5.74) is -0.312. The second-order valence-corrected chi connectivity index (χ2v) is 6.13. The van der Waals surface area contributed by atoms with Crippen LogP contribution in [0.5, 0.6) is 5.75 Å². The maximum atomic E-state index is 12.7. The molecule has 124 valence electrons.